The van der Waals surface area contributed by atoms with E-state index in [1.54, 1.807) is 42.5 Å². The molecule has 132 valence electrons. The van der Waals surface area contributed by atoms with Gasteiger partial charge in [-0.3, -0.25) is 9.10 Å². The first-order valence-electron chi connectivity index (χ1n) is 8.53. The van der Waals surface area contributed by atoms with Crippen LogP contribution in [0.2, 0.25) is 0 Å². The van der Waals surface area contributed by atoms with Crippen LogP contribution >= 0.6 is 0 Å². The van der Waals surface area contributed by atoms with Crippen molar-refractivity contribution < 1.29 is 13.2 Å². The lowest BCUT2D eigenvalue weighted by atomic mass is 10.0. The van der Waals surface area contributed by atoms with Crippen LogP contribution in [0.25, 0.3) is 0 Å². The average molecular weight is 358 g/mol. The van der Waals surface area contributed by atoms with Crippen LogP contribution in [-0.4, -0.2) is 20.9 Å². The standard InChI is InChI=1S/C19H22N2O3S/c1-2-7-19(22)20-16-11-12-18-15(14-16)8-6-13-21(18)25(23,24)17-9-4-3-5-10-17/h3-5,9-12,14H,2,6-8,13H2,1H3,(H,20,22). The summed E-state index contributed by atoms with van der Waals surface area (Å²) in [5.41, 5.74) is 2.36. The maximum Gasteiger partial charge on any atom is 0.264 e. The minimum Gasteiger partial charge on any atom is -0.326 e. The zero-order valence-electron chi connectivity index (χ0n) is 14.2. The molecule has 1 heterocycles. The van der Waals surface area contributed by atoms with Crippen molar-refractivity contribution >= 4 is 27.3 Å². The Morgan fingerprint density at radius 2 is 1.92 bits per heavy atom. The van der Waals surface area contributed by atoms with Crippen molar-refractivity contribution in [3.63, 3.8) is 0 Å². The summed E-state index contributed by atoms with van der Waals surface area (Å²) in [7, 11) is -3.57. The molecule has 6 heteroatoms. The molecule has 0 aliphatic carbocycles. The first kappa shape index (κ1) is 17.5. The molecule has 0 saturated carbocycles. The molecule has 0 bridgehead atoms. The predicted octanol–water partition coefficient (Wildman–Crippen LogP) is 3.57. The van der Waals surface area contributed by atoms with Crippen molar-refractivity contribution in [1.82, 2.24) is 0 Å². The highest BCUT2D eigenvalue weighted by Crippen LogP contribution is 2.33. The quantitative estimate of drug-likeness (QED) is 0.888. The summed E-state index contributed by atoms with van der Waals surface area (Å²) in [6.45, 7) is 2.42. The number of carbonyl (C=O) groups is 1. The molecule has 0 fully saturated rings. The fourth-order valence-corrected chi connectivity index (χ4v) is 4.62. The van der Waals surface area contributed by atoms with Crippen LogP contribution in [0.5, 0.6) is 0 Å². The van der Waals surface area contributed by atoms with Gasteiger partial charge in [-0.15, -0.1) is 0 Å². The Morgan fingerprint density at radius 1 is 1.16 bits per heavy atom. The van der Waals surface area contributed by atoms with Crippen LogP contribution in [0.15, 0.2) is 53.4 Å². The number of aryl methyl sites for hydroxylation is 1. The van der Waals surface area contributed by atoms with E-state index < -0.39 is 10.0 Å². The van der Waals surface area contributed by atoms with E-state index in [9.17, 15) is 13.2 Å². The van der Waals surface area contributed by atoms with Gasteiger partial charge in [0, 0.05) is 18.7 Å². The summed E-state index contributed by atoms with van der Waals surface area (Å²) in [5.74, 6) is -0.0213. The largest absolute Gasteiger partial charge is 0.326 e. The predicted molar refractivity (Wildman–Crippen MR) is 99.3 cm³/mol. The SMILES string of the molecule is CCCC(=O)Nc1ccc2c(c1)CCCN2S(=O)(=O)c1ccccc1. The summed E-state index contributed by atoms with van der Waals surface area (Å²) >= 11 is 0. The number of nitrogens with zero attached hydrogens (tertiary/aromatic N) is 1. The van der Waals surface area contributed by atoms with Crippen LogP contribution in [0.4, 0.5) is 11.4 Å². The molecule has 25 heavy (non-hydrogen) atoms. The summed E-state index contributed by atoms with van der Waals surface area (Å²) in [6.07, 6.45) is 2.82. The molecule has 2 aromatic rings. The van der Waals surface area contributed by atoms with Crippen LogP contribution in [0.1, 0.15) is 31.7 Å². The zero-order valence-corrected chi connectivity index (χ0v) is 15.1. The third-order valence-corrected chi connectivity index (χ3v) is 6.07. The second kappa shape index (κ2) is 7.27. The maximum atomic E-state index is 13.0. The molecule has 3 rings (SSSR count). The van der Waals surface area contributed by atoms with E-state index in [2.05, 4.69) is 5.32 Å². The lowest BCUT2D eigenvalue weighted by Gasteiger charge is -2.30. The molecule has 1 amide bonds. The molecule has 5 nitrogen and oxygen atoms in total. The number of carbonyl (C=O) groups excluding carboxylic acids is 1. The Labute approximate surface area is 148 Å². The van der Waals surface area contributed by atoms with Crippen LogP contribution in [0.3, 0.4) is 0 Å². The van der Waals surface area contributed by atoms with E-state index >= 15 is 0 Å². The van der Waals surface area contributed by atoms with Gasteiger partial charge in [0.25, 0.3) is 10.0 Å². The fourth-order valence-electron chi connectivity index (χ4n) is 3.06. The monoisotopic (exact) mass is 358 g/mol. The van der Waals surface area contributed by atoms with Crippen molar-refractivity contribution in [3.8, 4) is 0 Å². The number of hydrogen-bond donors (Lipinski definition) is 1. The zero-order chi connectivity index (χ0) is 17.9. The highest BCUT2D eigenvalue weighted by Gasteiger charge is 2.29. The molecule has 0 saturated heterocycles. The summed E-state index contributed by atoms with van der Waals surface area (Å²) in [4.78, 5) is 12.1. The normalized spacial score (nSPS) is 14.0. The minimum atomic E-state index is -3.57. The lowest BCUT2D eigenvalue weighted by Crippen LogP contribution is -2.35. The highest BCUT2D eigenvalue weighted by atomic mass is 32.2. The van der Waals surface area contributed by atoms with E-state index in [0.29, 0.717) is 23.5 Å². The van der Waals surface area contributed by atoms with Gasteiger partial charge in [0.05, 0.1) is 10.6 Å². The van der Waals surface area contributed by atoms with E-state index in [1.807, 2.05) is 13.0 Å². The number of hydrogen-bond acceptors (Lipinski definition) is 3. The van der Waals surface area contributed by atoms with Crippen LogP contribution in [0, 0.1) is 0 Å². The van der Waals surface area contributed by atoms with Gasteiger partial charge in [0.1, 0.15) is 0 Å². The molecular formula is C19H22N2O3S. The number of rotatable bonds is 5. The number of fused-ring (bicyclic) bond motifs is 1. The van der Waals surface area contributed by atoms with Crippen LogP contribution in [-0.2, 0) is 21.2 Å². The molecule has 0 atom stereocenters. The smallest absolute Gasteiger partial charge is 0.264 e. The lowest BCUT2D eigenvalue weighted by molar-refractivity contribution is -0.116. The third-order valence-electron chi connectivity index (χ3n) is 4.25. The van der Waals surface area contributed by atoms with Gasteiger partial charge in [0.2, 0.25) is 5.91 Å². The molecule has 0 aromatic heterocycles. The van der Waals surface area contributed by atoms with Crippen molar-refractivity contribution in [1.29, 1.82) is 0 Å². The van der Waals surface area contributed by atoms with E-state index in [0.717, 1.165) is 30.5 Å². The Bertz CT molecular complexity index is 863. The first-order chi connectivity index (χ1) is 12.0. The topological polar surface area (TPSA) is 66.5 Å². The van der Waals surface area contributed by atoms with Gasteiger partial charge < -0.3 is 5.32 Å². The van der Waals surface area contributed by atoms with Crippen molar-refractivity contribution in [2.45, 2.75) is 37.5 Å². The molecule has 0 radical (unpaired) electrons. The second-order valence-electron chi connectivity index (χ2n) is 6.14. The molecule has 1 N–H and O–H groups in total. The molecular weight excluding hydrogens is 336 g/mol. The second-order valence-corrected chi connectivity index (χ2v) is 8.00. The van der Waals surface area contributed by atoms with Gasteiger partial charge in [-0.05, 0) is 55.2 Å². The van der Waals surface area contributed by atoms with Crippen molar-refractivity contribution in [2.75, 3.05) is 16.2 Å². The number of anilines is 2. The Morgan fingerprint density at radius 3 is 2.64 bits per heavy atom. The molecule has 0 spiro atoms. The summed E-state index contributed by atoms with van der Waals surface area (Å²) in [6, 6.07) is 13.9. The highest BCUT2D eigenvalue weighted by molar-refractivity contribution is 7.92. The Kier molecular flexibility index (Phi) is 5.08. The maximum absolute atomic E-state index is 13.0. The number of nitrogens with one attached hydrogen (secondary N) is 1. The van der Waals surface area contributed by atoms with E-state index in [4.69, 9.17) is 0 Å². The minimum absolute atomic E-state index is 0.0213. The number of amides is 1. The third kappa shape index (κ3) is 3.69. The van der Waals surface area contributed by atoms with Crippen molar-refractivity contribution in [3.05, 3.63) is 54.1 Å². The molecule has 1 aliphatic rings. The summed E-state index contributed by atoms with van der Waals surface area (Å²) < 4.78 is 27.4. The number of benzene rings is 2. The van der Waals surface area contributed by atoms with Gasteiger partial charge in [-0.25, -0.2) is 8.42 Å². The first-order valence-corrected chi connectivity index (χ1v) is 9.97. The van der Waals surface area contributed by atoms with Gasteiger partial charge >= 0.3 is 0 Å². The average Bonchev–Trinajstić information content (AvgIpc) is 2.62. The Hall–Kier alpha value is -2.34. The van der Waals surface area contributed by atoms with Crippen LogP contribution < -0.4 is 9.62 Å². The van der Waals surface area contributed by atoms with Gasteiger partial charge in [-0.2, -0.15) is 0 Å². The molecule has 0 unspecified atom stereocenters. The van der Waals surface area contributed by atoms with Gasteiger partial charge in [-0.1, -0.05) is 25.1 Å². The molecule has 2 aromatic carbocycles. The van der Waals surface area contributed by atoms with Gasteiger partial charge in [0.15, 0.2) is 0 Å². The number of sulfonamides is 1. The molecule has 1 aliphatic heterocycles. The van der Waals surface area contributed by atoms with Crippen molar-refractivity contribution in [2.24, 2.45) is 0 Å². The summed E-state index contributed by atoms with van der Waals surface area (Å²) in [5, 5.41) is 2.87. The van der Waals surface area contributed by atoms with E-state index in [1.165, 1.54) is 4.31 Å². The van der Waals surface area contributed by atoms with E-state index in [-0.39, 0.29) is 5.91 Å². The Balaban J connectivity index is 1.91. The fraction of sp³-hybridized carbons (Fsp3) is 0.316.